The third-order valence-corrected chi connectivity index (χ3v) is 24.6. The number of ether oxygens (including phenoxy) is 1. The van der Waals surface area contributed by atoms with Crippen molar-refractivity contribution >= 4 is 157 Å². The number of rotatable bonds is 9. The van der Waals surface area contributed by atoms with E-state index in [0.29, 0.717) is 5.02 Å². The van der Waals surface area contributed by atoms with Crippen LogP contribution < -0.4 is 59.8 Å². The molecule has 0 N–H and O–H groups in total. The zero-order chi connectivity index (χ0) is 55.5. The normalized spacial score (nSPS) is 12.6. The van der Waals surface area contributed by atoms with Gasteiger partial charge in [0.05, 0.1) is 11.4 Å². The van der Waals surface area contributed by atoms with Crippen molar-refractivity contribution in [3.63, 3.8) is 0 Å². The SMILES string of the molecule is C1CCOC1.Cl[Si](Cl)(c1ccccc1)c1ccccc1.Clc1ccc(N(c2ccccc2)c2ccccc2Br)c(Br)c1.Clc1ccc2c(c1)[Si](c1ccccc1)(c1ccccc1)c1ccccc1N2c1ccccc1.[CH2-]CCC.[Li+]. The van der Waals surface area contributed by atoms with Gasteiger partial charge in [-0.05, 0) is 155 Å². The van der Waals surface area contributed by atoms with E-state index in [0.717, 1.165) is 66.7 Å². The van der Waals surface area contributed by atoms with Crippen LogP contribution in [0.4, 0.5) is 34.1 Å². The molecule has 10 aromatic rings. The second-order valence-electron chi connectivity index (χ2n) is 18.5. The van der Waals surface area contributed by atoms with E-state index in [-0.39, 0.29) is 18.9 Å². The van der Waals surface area contributed by atoms with Crippen LogP contribution in [-0.4, -0.2) is 28.0 Å². The maximum absolute atomic E-state index is 6.70. The Hall–Kier alpha value is -5.09. The van der Waals surface area contributed by atoms with E-state index in [9.17, 15) is 0 Å². The summed E-state index contributed by atoms with van der Waals surface area (Å²) >= 11 is 33.0. The standard InChI is InChI=1S/C30H22ClNSi.C18H12Br2ClN.C12H10Cl2Si.C4H8O.C4H9.Li/c31-23-20-21-28-30(22-23)33(25-14-6-2-7-15-25,26-16-8-3-9-17-26)29-19-11-10-18-27(29)32(28)24-12-4-1-5-13-24;19-15-8-4-5-9-17(15)22(14-6-2-1-3-7-14)18-11-10-13(21)12-16(18)20;13-15(14,11-7-3-1-4-8-11)12-9-5-2-6-10-12;1-2-4-5-3-1;1-3-4-2;/h1-22H;1-12H;1-10H;1-4H2;1,3-4H2,2H3;/q;;;;-1;+1. The van der Waals surface area contributed by atoms with Crippen molar-refractivity contribution in [2.45, 2.75) is 32.6 Å². The van der Waals surface area contributed by atoms with Gasteiger partial charge in [-0.15, -0.1) is 22.2 Å². The molecule has 0 aromatic heterocycles. The van der Waals surface area contributed by atoms with Gasteiger partial charge in [0.2, 0.25) is 0 Å². The number of benzene rings is 10. The average molecular weight is 1290 g/mol. The second-order valence-corrected chi connectivity index (χ2v) is 31.1. The molecule has 0 unspecified atom stereocenters. The van der Waals surface area contributed by atoms with Gasteiger partial charge in [-0.3, -0.25) is 0 Å². The maximum Gasteiger partial charge on any atom is 1.00 e. The molecule has 1 saturated heterocycles. The van der Waals surface area contributed by atoms with Crippen LogP contribution in [0, 0.1) is 6.92 Å². The summed E-state index contributed by atoms with van der Waals surface area (Å²) in [6, 6.07) is 91.8. The molecule has 0 amide bonds. The third-order valence-electron chi connectivity index (χ3n) is 13.3. The molecule has 1 fully saturated rings. The Bertz CT molecular complexity index is 3360. The van der Waals surface area contributed by atoms with E-state index in [1.165, 1.54) is 51.4 Å². The largest absolute Gasteiger partial charge is 1.00 e. The van der Waals surface area contributed by atoms with Crippen LogP contribution in [0.25, 0.3) is 0 Å². The van der Waals surface area contributed by atoms with Crippen LogP contribution in [0.3, 0.4) is 0 Å². The molecule has 2 heterocycles. The Morgan fingerprint density at radius 2 is 0.925 bits per heavy atom. The minimum absolute atomic E-state index is 0. The number of hydrogen-bond donors (Lipinski definition) is 0. The molecule has 0 saturated carbocycles. The predicted molar refractivity (Wildman–Crippen MR) is 355 cm³/mol. The summed E-state index contributed by atoms with van der Waals surface area (Å²) in [5.74, 6) is 0. The van der Waals surface area contributed by atoms with Crippen molar-refractivity contribution in [1.29, 1.82) is 0 Å². The van der Waals surface area contributed by atoms with Gasteiger partial charge in [-0.1, -0.05) is 225 Å². The van der Waals surface area contributed by atoms with Crippen LogP contribution in [0.1, 0.15) is 32.6 Å². The number of nitrogens with zero attached hydrogens (tertiary/aromatic N) is 2. The number of para-hydroxylation sites is 4. The van der Waals surface area contributed by atoms with E-state index in [1.54, 1.807) is 0 Å². The molecular formula is C68H61Br2Cl4LiN2OSi2. The number of hydrogen-bond acceptors (Lipinski definition) is 3. The minimum Gasteiger partial charge on any atom is -0.381 e. The summed E-state index contributed by atoms with van der Waals surface area (Å²) in [5, 5.41) is 8.94. The van der Waals surface area contributed by atoms with Crippen LogP contribution in [-0.2, 0) is 4.74 Å². The first-order chi connectivity index (χ1) is 38.6. The van der Waals surface area contributed by atoms with Gasteiger partial charge in [0, 0.05) is 55.0 Å². The summed E-state index contributed by atoms with van der Waals surface area (Å²) < 4.78 is 6.92. The molecule has 3 nitrogen and oxygen atoms in total. The zero-order valence-electron chi connectivity index (χ0n) is 44.9. The first kappa shape index (κ1) is 62.5. The van der Waals surface area contributed by atoms with Crippen molar-refractivity contribution in [3.05, 3.63) is 293 Å². The smallest absolute Gasteiger partial charge is 0.381 e. The van der Waals surface area contributed by atoms with Gasteiger partial charge in [-0.25, -0.2) is 0 Å². The van der Waals surface area contributed by atoms with Crippen molar-refractivity contribution < 1.29 is 23.6 Å². The quantitative estimate of drug-likeness (QED) is 0.0814. The molecule has 400 valence electrons. The van der Waals surface area contributed by atoms with E-state index >= 15 is 0 Å². The molecule has 2 aliphatic rings. The fourth-order valence-corrected chi connectivity index (χ4v) is 19.3. The zero-order valence-corrected chi connectivity index (χ0v) is 53.1. The molecule has 0 radical (unpaired) electrons. The Morgan fingerprint density at radius 1 is 0.500 bits per heavy atom. The van der Waals surface area contributed by atoms with Crippen LogP contribution in [0.15, 0.2) is 276 Å². The molecule has 80 heavy (non-hydrogen) atoms. The number of unbranched alkanes of at least 4 members (excludes halogenated alkanes) is 1. The summed E-state index contributed by atoms with van der Waals surface area (Å²) in [6.07, 6.45) is 4.83. The molecule has 0 spiro atoms. The number of fused-ring (bicyclic) bond motifs is 2. The van der Waals surface area contributed by atoms with Gasteiger partial charge in [-0.2, -0.15) is 6.42 Å². The van der Waals surface area contributed by atoms with Gasteiger partial charge in [0.25, 0.3) is 0 Å². The molecule has 12 rings (SSSR count). The van der Waals surface area contributed by atoms with Crippen LogP contribution >= 0.6 is 77.2 Å². The van der Waals surface area contributed by atoms with Crippen LogP contribution in [0.2, 0.25) is 10.0 Å². The Morgan fingerprint density at radius 3 is 1.43 bits per heavy atom. The molecule has 12 heteroatoms. The first-order valence-corrected chi connectivity index (χ1v) is 34.7. The second kappa shape index (κ2) is 31.4. The Kier molecular flexibility index (Phi) is 24.5. The number of anilines is 6. The maximum atomic E-state index is 6.70. The van der Waals surface area contributed by atoms with Crippen LogP contribution in [0.5, 0.6) is 0 Å². The molecule has 10 aromatic carbocycles. The first-order valence-electron chi connectivity index (χ1n) is 26.4. The Labute approximate surface area is 524 Å². The predicted octanol–water partition coefficient (Wildman–Crippen LogP) is 15.0. The van der Waals surface area contributed by atoms with Crippen molar-refractivity contribution in [3.8, 4) is 0 Å². The van der Waals surface area contributed by atoms with Gasteiger partial charge in [0.15, 0.2) is 8.07 Å². The van der Waals surface area contributed by atoms with Crippen molar-refractivity contribution in [2.24, 2.45) is 0 Å². The topological polar surface area (TPSA) is 15.7 Å². The third kappa shape index (κ3) is 15.3. The Balaban J connectivity index is 0.000000169. The number of halogens is 6. The van der Waals surface area contributed by atoms with E-state index in [4.69, 9.17) is 50.1 Å². The molecule has 0 aliphatic carbocycles. The van der Waals surface area contributed by atoms with E-state index < -0.39 is 14.8 Å². The van der Waals surface area contributed by atoms with Crippen molar-refractivity contribution in [1.82, 2.24) is 0 Å². The summed E-state index contributed by atoms with van der Waals surface area (Å²) in [6.45, 7) is 5.21. The average Bonchev–Trinajstić information content (AvgIpc) is 3.81. The molecular weight excluding hydrogens is 1230 g/mol. The van der Waals surface area contributed by atoms with E-state index in [2.05, 4.69) is 201 Å². The monoisotopic (exact) mass is 1280 g/mol. The van der Waals surface area contributed by atoms with Gasteiger partial charge >= 0.3 is 25.6 Å². The molecule has 0 bridgehead atoms. The summed E-state index contributed by atoms with van der Waals surface area (Å²) in [7, 11) is -2.61. The van der Waals surface area contributed by atoms with Gasteiger partial charge in [0.1, 0.15) is 0 Å². The van der Waals surface area contributed by atoms with Crippen molar-refractivity contribution in [2.75, 3.05) is 23.0 Å². The fourth-order valence-electron chi connectivity index (χ4n) is 9.54. The fraction of sp³-hybridized carbons (Fsp3) is 0.103. The summed E-state index contributed by atoms with van der Waals surface area (Å²) in [5.41, 5.74) is 6.76. The molecule has 2 aliphatic heterocycles. The molecule has 0 atom stereocenters. The van der Waals surface area contributed by atoms with Gasteiger partial charge < -0.3 is 21.5 Å². The summed E-state index contributed by atoms with van der Waals surface area (Å²) in [4.78, 5) is 4.57. The van der Waals surface area contributed by atoms with E-state index in [1.807, 2.05) is 121 Å². The minimum atomic E-state index is -2.61.